The van der Waals surface area contributed by atoms with Crippen molar-refractivity contribution in [3.63, 3.8) is 0 Å². The van der Waals surface area contributed by atoms with Gasteiger partial charge in [-0.2, -0.15) is 0 Å². The van der Waals surface area contributed by atoms with E-state index in [4.69, 9.17) is 0 Å². The Balaban J connectivity index is 1.40. The van der Waals surface area contributed by atoms with Crippen LogP contribution in [0.1, 0.15) is 10.4 Å². The smallest absolute Gasteiger partial charge is 0.237 e. The average molecular weight is 434 g/mol. The van der Waals surface area contributed by atoms with E-state index in [0.717, 1.165) is 26.8 Å². The largest absolute Gasteiger partial charge is 0.350 e. The zero-order chi connectivity index (χ0) is 20.3. The summed E-state index contributed by atoms with van der Waals surface area (Å²) < 4.78 is 4.20. The van der Waals surface area contributed by atoms with Gasteiger partial charge in [0.2, 0.25) is 11.7 Å². The number of thiophene rings is 1. The van der Waals surface area contributed by atoms with Gasteiger partial charge < -0.3 is 9.88 Å². The third-order valence-electron chi connectivity index (χ3n) is 4.83. The summed E-state index contributed by atoms with van der Waals surface area (Å²) in [4.78, 5) is 13.4. The van der Waals surface area contributed by atoms with E-state index in [1.165, 1.54) is 17.3 Å². The molecule has 0 aliphatic carbocycles. The van der Waals surface area contributed by atoms with Crippen molar-refractivity contribution in [3.05, 3.63) is 82.6 Å². The predicted molar refractivity (Wildman–Crippen MR) is 121 cm³/mol. The van der Waals surface area contributed by atoms with E-state index in [1.54, 1.807) is 11.3 Å². The predicted octanol–water partition coefficient (Wildman–Crippen LogP) is 4.20. The minimum Gasteiger partial charge on any atom is -0.350 e. The molecule has 5 rings (SSSR count). The molecule has 1 N–H and O–H groups in total. The third kappa shape index (κ3) is 3.71. The lowest BCUT2D eigenvalue weighted by molar-refractivity contribution is -0.118. The third-order valence-corrected chi connectivity index (χ3v) is 6.63. The zero-order valence-electron chi connectivity index (χ0n) is 16.1. The molecule has 0 aliphatic rings. The molecule has 0 unspecified atom stereocenters. The van der Waals surface area contributed by atoms with Gasteiger partial charge in [-0.3, -0.25) is 9.20 Å². The Hall–Kier alpha value is -3.10. The molecule has 6 nitrogen and oxygen atoms in total. The van der Waals surface area contributed by atoms with E-state index >= 15 is 0 Å². The summed E-state index contributed by atoms with van der Waals surface area (Å²) in [5.74, 6) is 1.06. The highest BCUT2D eigenvalue weighted by molar-refractivity contribution is 7.99. The number of hydrogen-bond donors (Lipinski definition) is 1. The number of carbonyl (C=O) groups is 1. The number of fused-ring (bicyclic) bond motifs is 3. The van der Waals surface area contributed by atoms with Gasteiger partial charge in [0.15, 0.2) is 5.16 Å². The average Bonchev–Trinajstić information content (AvgIpc) is 3.50. The van der Waals surface area contributed by atoms with Crippen LogP contribution in [0.2, 0.25) is 0 Å². The molecule has 3 aromatic heterocycles. The minimum absolute atomic E-state index is 0.0156. The highest BCUT2D eigenvalue weighted by atomic mass is 32.2. The summed E-state index contributed by atoms with van der Waals surface area (Å²) in [7, 11) is 0. The molecule has 0 radical (unpaired) electrons. The lowest BCUT2D eigenvalue weighted by atomic mass is 10.2. The van der Waals surface area contributed by atoms with Crippen LogP contribution in [0.15, 0.2) is 77.3 Å². The maximum absolute atomic E-state index is 12.3. The Morgan fingerprint density at radius 3 is 2.57 bits per heavy atom. The maximum atomic E-state index is 12.3. The summed E-state index contributed by atoms with van der Waals surface area (Å²) in [5.41, 5.74) is 3.33. The number of carbonyl (C=O) groups excluding carboxylic acids is 1. The van der Waals surface area contributed by atoms with Crippen molar-refractivity contribution in [2.24, 2.45) is 0 Å². The summed E-state index contributed by atoms with van der Waals surface area (Å²) >= 11 is 3.04. The zero-order valence-corrected chi connectivity index (χ0v) is 17.7. The summed E-state index contributed by atoms with van der Waals surface area (Å²) in [6, 6.07) is 22.5. The van der Waals surface area contributed by atoms with Gasteiger partial charge in [-0.05, 0) is 29.1 Å². The molecule has 0 saturated heterocycles. The SMILES string of the molecule is O=C(CSc1nnc2n(Cc3ccccc3)c3ccccc3n12)NCc1cccs1. The second-order valence-corrected chi connectivity index (χ2v) is 8.80. The molecule has 0 bridgehead atoms. The van der Waals surface area contributed by atoms with Crippen molar-refractivity contribution < 1.29 is 4.79 Å². The Labute approximate surface area is 181 Å². The van der Waals surface area contributed by atoms with Crippen LogP contribution < -0.4 is 5.32 Å². The molecule has 0 spiro atoms. The first kappa shape index (κ1) is 18.9. The minimum atomic E-state index is -0.0156. The number of thioether (sulfide) groups is 1. The number of amides is 1. The normalized spacial score (nSPS) is 11.3. The van der Waals surface area contributed by atoms with E-state index in [1.807, 2.05) is 52.2 Å². The molecule has 30 heavy (non-hydrogen) atoms. The highest BCUT2D eigenvalue weighted by Gasteiger charge is 2.18. The number of rotatable bonds is 7. The Kier molecular flexibility index (Phi) is 5.25. The lowest BCUT2D eigenvalue weighted by Crippen LogP contribution is -2.24. The Bertz CT molecular complexity index is 1290. The van der Waals surface area contributed by atoms with E-state index < -0.39 is 0 Å². The van der Waals surface area contributed by atoms with Crippen molar-refractivity contribution in [1.29, 1.82) is 0 Å². The molecule has 1 amide bonds. The van der Waals surface area contributed by atoms with Gasteiger partial charge in [-0.1, -0.05) is 60.3 Å². The second kappa shape index (κ2) is 8.33. The standard InChI is InChI=1S/C22H19N5OS2/c28-20(23-13-17-9-6-12-29-17)15-30-22-25-24-21-26(14-16-7-2-1-3-8-16)18-10-4-5-11-19(18)27(21)22/h1-12H,13-15H2,(H,23,28). The summed E-state index contributed by atoms with van der Waals surface area (Å²) in [6.45, 7) is 1.27. The van der Waals surface area contributed by atoms with Crippen molar-refractivity contribution >= 4 is 45.8 Å². The molecule has 0 atom stereocenters. The number of imidazole rings is 1. The van der Waals surface area contributed by atoms with Gasteiger partial charge in [0, 0.05) is 4.88 Å². The molecule has 0 aliphatic heterocycles. The van der Waals surface area contributed by atoms with Crippen LogP contribution in [-0.2, 0) is 17.9 Å². The molecule has 3 heterocycles. The Morgan fingerprint density at radius 1 is 0.967 bits per heavy atom. The number of hydrogen-bond acceptors (Lipinski definition) is 5. The second-order valence-electron chi connectivity index (χ2n) is 6.82. The quantitative estimate of drug-likeness (QED) is 0.391. The molecule has 150 valence electrons. The van der Waals surface area contributed by atoms with Crippen molar-refractivity contribution in [1.82, 2.24) is 24.5 Å². The van der Waals surface area contributed by atoms with E-state index in [-0.39, 0.29) is 5.91 Å². The molecule has 0 fully saturated rings. The fraction of sp³-hybridized carbons (Fsp3) is 0.136. The first-order valence-electron chi connectivity index (χ1n) is 9.58. The van der Waals surface area contributed by atoms with Crippen LogP contribution in [0.5, 0.6) is 0 Å². The number of nitrogens with one attached hydrogen (secondary N) is 1. The van der Waals surface area contributed by atoms with Crippen molar-refractivity contribution in [3.8, 4) is 0 Å². The molecule has 2 aromatic carbocycles. The molecular weight excluding hydrogens is 414 g/mol. The van der Waals surface area contributed by atoms with Crippen LogP contribution in [0.25, 0.3) is 16.8 Å². The highest BCUT2D eigenvalue weighted by Crippen LogP contribution is 2.26. The van der Waals surface area contributed by atoms with Crippen molar-refractivity contribution in [2.75, 3.05) is 5.75 Å². The number of aromatic nitrogens is 4. The van der Waals surface area contributed by atoms with Gasteiger partial charge in [-0.25, -0.2) is 0 Å². The molecule has 5 aromatic rings. The number of para-hydroxylation sites is 2. The topological polar surface area (TPSA) is 64.2 Å². The van der Waals surface area contributed by atoms with E-state index in [9.17, 15) is 4.79 Å². The summed E-state index contributed by atoms with van der Waals surface area (Å²) in [6.07, 6.45) is 0. The number of nitrogens with zero attached hydrogens (tertiary/aromatic N) is 4. The molecular formula is C22H19N5OS2. The fourth-order valence-corrected chi connectivity index (χ4v) is 4.85. The Morgan fingerprint density at radius 2 is 1.77 bits per heavy atom. The van der Waals surface area contributed by atoms with Crippen molar-refractivity contribution in [2.45, 2.75) is 18.2 Å². The number of benzene rings is 2. The lowest BCUT2D eigenvalue weighted by Gasteiger charge is -2.04. The van der Waals surface area contributed by atoms with Gasteiger partial charge in [0.25, 0.3) is 0 Å². The molecule has 8 heteroatoms. The van der Waals surface area contributed by atoms with Crippen LogP contribution in [-0.4, -0.2) is 30.8 Å². The van der Waals surface area contributed by atoms with Crippen LogP contribution >= 0.6 is 23.1 Å². The van der Waals surface area contributed by atoms with Gasteiger partial charge in [0.1, 0.15) is 0 Å². The molecule has 0 saturated carbocycles. The van der Waals surface area contributed by atoms with Crippen LogP contribution in [0, 0.1) is 0 Å². The summed E-state index contributed by atoms with van der Waals surface area (Å²) in [5, 5.41) is 14.5. The van der Waals surface area contributed by atoms with Gasteiger partial charge >= 0.3 is 0 Å². The van der Waals surface area contributed by atoms with E-state index in [2.05, 4.69) is 44.3 Å². The maximum Gasteiger partial charge on any atom is 0.237 e. The van der Waals surface area contributed by atoms with E-state index in [0.29, 0.717) is 18.8 Å². The first-order chi connectivity index (χ1) is 14.8. The fourth-order valence-electron chi connectivity index (χ4n) is 3.43. The van der Waals surface area contributed by atoms with Crippen LogP contribution in [0.4, 0.5) is 0 Å². The monoisotopic (exact) mass is 433 g/mol. The van der Waals surface area contributed by atoms with Crippen LogP contribution in [0.3, 0.4) is 0 Å². The first-order valence-corrected chi connectivity index (χ1v) is 11.4. The van der Waals surface area contributed by atoms with Gasteiger partial charge in [-0.15, -0.1) is 21.5 Å². The van der Waals surface area contributed by atoms with Gasteiger partial charge in [0.05, 0.1) is 29.9 Å².